The van der Waals surface area contributed by atoms with Crippen LogP contribution >= 0.6 is 0 Å². The molecule has 0 aliphatic carbocycles. The fourth-order valence-corrected chi connectivity index (χ4v) is 3.46. The lowest BCUT2D eigenvalue weighted by Gasteiger charge is -2.20. The Balaban J connectivity index is 1.58. The van der Waals surface area contributed by atoms with E-state index < -0.39 is 23.8 Å². The Bertz CT molecular complexity index is 1320. The molecule has 5 rings (SSSR count). The lowest BCUT2D eigenvalue weighted by atomic mass is 10.1. The van der Waals surface area contributed by atoms with E-state index in [2.05, 4.69) is 15.1 Å². The summed E-state index contributed by atoms with van der Waals surface area (Å²) in [6.45, 7) is 0.0365. The zero-order valence-corrected chi connectivity index (χ0v) is 15.8. The molecule has 1 aliphatic heterocycles. The smallest absolute Gasteiger partial charge is 0.416 e. The molecule has 1 saturated heterocycles. The SMILES string of the molecule is O=Cc1ccc(-c2cnn3ccc(N4C(=O)OCC4c4ccc(F)cn4)nc23)cc1F. The van der Waals surface area contributed by atoms with Crippen molar-refractivity contribution >= 4 is 23.8 Å². The zero-order chi connectivity index (χ0) is 21.5. The van der Waals surface area contributed by atoms with Crippen LogP contribution in [0.1, 0.15) is 22.1 Å². The number of halogens is 2. The summed E-state index contributed by atoms with van der Waals surface area (Å²) in [6.07, 6.45) is 4.02. The molecule has 1 amide bonds. The fraction of sp³-hybridized carbons (Fsp3) is 0.0952. The van der Waals surface area contributed by atoms with Gasteiger partial charge in [0, 0.05) is 11.8 Å². The first-order valence-corrected chi connectivity index (χ1v) is 9.22. The second-order valence-corrected chi connectivity index (χ2v) is 6.83. The van der Waals surface area contributed by atoms with Crippen molar-refractivity contribution in [2.45, 2.75) is 6.04 Å². The van der Waals surface area contributed by atoms with Gasteiger partial charge >= 0.3 is 6.09 Å². The fourth-order valence-electron chi connectivity index (χ4n) is 3.46. The Morgan fingerprint density at radius 2 is 2.00 bits per heavy atom. The Labute approximate surface area is 173 Å². The highest BCUT2D eigenvalue weighted by molar-refractivity contribution is 5.90. The number of pyridine rings is 1. The number of anilines is 1. The number of nitrogens with zero attached hydrogens (tertiary/aromatic N) is 5. The molecule has 1 aromatic carbocycles. The maximum Gasteiger partial charge on any atom is 0.416 e. The van der Waals surface area contributed by atoms with E-state index in [0.29, 0.717) is 28.8 Å². The number of cyclic esters (lactones) is 1. The molecule has 0 spiro atoms. The standard InChI is InChI=1S/C21H13F2N5O3/c22-14-3-4-17(24-8-14)18-11-31-21(30)28(18)19-5-6-27-20(26-19)15(9-25-27)12-1-2-13(10-29)16(23)7-12/h1-10,18H,11H2. The van der Waals surface area contributed by atoms with E-state index in [1.165, 1.54) is 39.9 Å². The number of hydrogen-bond donors (Lipinski definition) is 0. The lowest BCUT2D eigenvalue weighted by molar-refractivity contribution is 0.111. The Morgan fingerprint density at radius 3 is 2.74 bits per heavy atom. The molecule has 1 atom stereocenters. The average Bonchev–Trinajstić information content (AvgIpc) is 3.37. The number of amides is 1. The van der Waals surface area contributed by atoms with Crippen LogP contribution < -0.4 is 4.90 Å². The van der Waals surface area contributed by atoms with E-state index in [-0.39, 0.29) is 18.0 Å². The predicted octanol–water partition coefficient (Wildman–Crippen LogP) is 3.58. The number of aldehydes is 1. The highest BCUT2D eigenvalue weighted by Gasteiger charge is 2.37. The van der Waals surface area contributed by atoms with Gasteiger partial charge in [-0.1, -0.05) is 6.07 Å². The molecular formula is C21H13F2N5O3. The van der Waals surface area contributed by atoms with Crippen LogP contribution in [-0.4, -0.2) is 38.6 Å². The van der Waals surface area contributed by atoms with Gasteiger partial charge in [-0.2, -0.15) is 5.10 Å². The Kier molecular flexibility index (Phi) is 4.39. The summed E-state index contributed by atoms with van der Waals surface area (Å²) >= 11 is 0. The minimum atomic E-state index is -0.659. The zero-order valence-electron chi connectivity index (χ0n) is 15.8. The van der Waals surface area contributed by atoms with Crippen molar-refractivity contribution in [1.29, 1.82) is 0 Å². The van der Waals surface area contributed by atoms with Crippen LogP contribution in [0.2, 0.25) is 0 Å². The molecule has 0 bridgehead atoms. The number of aromatic nitrogens is 4. The third-order valence-electron chi connectivity index (χ3n) is 5.00. The van der Waals surface area contributed by atoms with Gasteiger partial charge in [0.2, 0.25) is 0 Å². The van der Waals surface area contributed by atoms with E-state index in [0.717, 1.165) is 6.20 Å². The van der Waals surface area contributed by atoms with E-state index in [9.17, 15) is 18.4 Å². The molecule has 1 fully saturated rings. The number of hydrogen-bond acceptors (Lipinski definition) is 6. The summed E-state index contributed by atoms with van der Waals surface area (Å²) < 4.78 is 34.0. The normalized spacial score (nSPS) is 16.0. The number of ether oxygens (including phenoxy) is 1. The number of benzene rings is 1. The summed E-state index contributed by atoms with van der Waals surface area (Å²) in [4.78, 5) is 33.2. The first-order valence-electron chi connectivity index (χ1n) is 9.22. The van der Waals surface area contributed by atoms with Crippen molar-refractivity contribution < 1.29 is 23.1 Å². The first-order chi connectivity index (χ1) is 15.0. The van der Waals surface area contributed by atoms with Gasteiger partial charge < -0.3 is 4.74 Å². The molecule has 4 aromatic rings. The number of carbonyl (C=O) groups excluding carboxylic acids is 2. The highest BCUT2D eigenvalue weighted by Crippen LogP contribution is 2.33. The Hall–Kier alpha value is -4.21. The third kappa shape index (κ3) is 3.18. The summed E-state index contributed by atoms with van der Waals surface area (Å²) in [7, 11) is 0. The van der Waals surface area contributed by atoms with Crippen LogP contribution in [0.5, 0.6) is 0 Å². The van der Waals surface area contributed by atoms with Gasteiger partial charge in [-0.05, 0) is 35.9 Å². The van der Waals surface area contributed by atoms with E-state index >= 15 is 0 Å². The minimum Gasteiger partial charge on any atom is -0.446 e. The van der Waals surface area contributed by atoms with Crippen LogP contribution in [0.25, 0.3) is 16.8 Å². The minimum absolute atomic E-state index is 0.0365. The maximum absolute atomic E-state index is 14.1. The number of carbonyl (C=O) groups is 2. The van der Waals surface area contributed by atoms with Crippen molar-refractivity contribution in [3.63, 3.8) is 0 Å². The van der Waals surface area contributed by atoms with Crippen molar-refractivity contribution in [2.75, 3.05) is 11.5 Å². The van der Waals surface area contributed by atoms with Crippen molar-refractivity contribution in [1.82, 2.24) is 19.6 Å². The number of fused-ring (bicyclic) bond motifs is 1. The lowest BCUT2D eigenvalue weighted by Crippen LogP contribution is -2.28. The monoisotopic (exact) mass is 421 g/mol. The molecule has 1 aliphatic rings. The van der Waals surface area contributed by atoms with Crippen molar-refractivity contribution in [3.05, 3.63) is 77.9 Å². The molecule has 3 aromatic heterocycles. The second-order valence-electron chi connectivity index (χ2n) is 6.83. The average molecular weight is 421 g/mol. The quantitative estimate of drug-likeness (QED) is 0.468. The molecule has 8 nitrogen and oxygen atoms in total. The third-order valence-corrected chi connectivity index (χ3v) is 5.00. The van der Waals surface area contributed by atoms with Crippen LogP contribution in [-0.2, 0) is 4.74 Å². The molecule has 31 heavy (non-hydrogen) atoms. The van der Waals surface area contributed by atoms with Gasteiger partial charge in [-0.25, -0.2) is 28.0 Å². The Morgan fingerprint density at radius 1 is 1.13 bits per heavy atom. The molecular weight excluding hydrogens is 408 g/mol. The van der Waals surface area contributed by atoms with Crippen LogP contribution in [0, 0.1) is 11.6 Å². The van der Waals surface area contributed by atoms with Gasteiger partial charge in [-0.3, -0.25) is 9.78 Å². The molecule has 0 saturated carbocycles. The molecule has 154 valence electrons. The van der Waals surface area contributed by atoms with E-state index in [1.54, 1.807) is 18.3 Å². The molecule has 10 heteroatoms. The van der Waals surface area contributed by atoms with Gasteiger partial charge in [0.15, 0.2) is 11.9 Å². The molecule has 0 radical (unpaired) electrons. The van der Waals surface area contributed by atoms with Crippen LogP contribution in [0.3, 0.4) is 0 Å². The first kappa shape index (κ1) is 18.8. The maximum atomic E-state index is 14.1. The summed E-state index contributed by atoms with van der Waals surface area (Å²) in [5.41, 5.74) is 1.77. The van der Waals surface area contributed by atoms with Crippen LogP contribution in [0.15, 0.2) is 55.0 Å². The van der Waals surface area contributed by atoms with Crippen molar-refractivity contribution in [3.8, 4) is 11.1 Å². The topological polar surface area (TPSA) is 89.7 Å². The summed E-state index contributed by atoms with van der Waals surface area (Å²) in [5.74, 6) is -0.872. The molecule has 4 heterocycles. The highest BCUT2D eigenvalue weighted by atomic mass is 19.1. The van der Waals surface area contributed by atoms with Gasteiger partial charge in [0.1, 0.15) is 30.1 Å². The van der Waals surface area contributed by atoms with E-state index in [4.69, 9.17) is 4.74 Å². The van der Waals surface area contributed by atoms with Gasteiger partial charge in [0.05, 0.1) is 23.7 Å². The number of rotatable bonds is 4. The summed E-state index contributed by atoms with van der Waals surface area (Å²) in [5, 5.41) is 4.21. The predicted molar refractivity (Wildman–Crippen MR) is 105 cm³/mol. The van der Waals surface area contributed by atoms with Crippen molar-refractivity contribution in [2.24, 2.45) is 0 Å². The molecule has 0 N–H and O–H groups in total. The van der Waals surface area contributed by atoms with Gasteiger partial charge in [0.25, 0.3) is 0 Å². The largest absolute Gasteiger partial charge is 0.446 e. The summed E-state index contributed by atoms with van der Waals surface area (Å²) in [6, 6.07) is 7.93. The van der Waals surface area contributed by atoms with E-state index in [1.807, 2.05) is 0 Å². The van der Waals surface area contributed by atoms with Gasteiger partial charge in [-0.15, -0.1) is 0 Å². The molecule has 1 unspecified atom stereocenters. The van der Waals surface area contributed by atoms with Crippen LogP contribution in [0.4, 0.5) is 19.4 Å². The second kappa shape index (κ2) is 7.24.